The molecule has 0 spiro atoms. The number of carbonyl (C=O) groups is 3. The highest BCUT2D eigenvalue weighted by Gasteiger charge is 2.36. The molecular formula is C16H17NO4S. The van der Waals surface area contributed by atoms with Gasteiger partial charge in [0.05, 0.1) is 4.91 Å². The SMILES string of the molecule is CC(C)(C)c1ccc(/C=C2\SC(=O)N(CC(=O)O)C2=O)cc1. The van der Waals surface area contributed by atoms with Crippen molar-refractivity contribution in [3.8, 4) is 0 Å². The zero-order valence-electron chi connectivity index (χ0n) is 12.6. The highest BCUT2D eigenvalue weighted by atomic mass is 32.2. The Morgan fingerprint density at radius 1 is 1.23 bits per heavy atom. The molecule has 0 aliphatic carbocycles. The van der Waals surface area contributed by atoms with Crippen molar-refractivity contribution in [2.24, 2.45) is 0 Å². The second kappa shape index (κ2) is 5.96. The molecule has 0 unspecified atom stereocenters. The summed E-state index contributed by atoms with van der Waals surface area (Å²) in [4.78, 5) is 35.4. The topological polar surface area (TPSA) is 74.7 Å². The lowest BCUT2D eigenvalue weighted by Gasteiger charge is -2.18. The smallest absolute Gasteiger partial charge is 0.323 e. The van der Waals surface area contributed by atoms with Crippen LogP contribution in [0, 0.1) is 0 Å². The van der Waals surface area contributed by atoms with Crippen molar-refractivity contribution in [2.45, 2.75) is 26.2 Å². The molecule has 0 bridgehead atoms. The second-order valence-corrected chi connectivity index (χ2v) is 7.03. The van der Waals surface area contributed by atoms with Crippen molar-refractivity contribution in [2.75, 3.05) is 6.54 Å². The Morgan fingerprint density at radius 2 is 1.82 bits per heavy atom. The van der Waals surface area contributed by atoms with Crippen LogP contribution in [0.3, 0.4) is 0 Å². The van der Waals surface area contributed by atoms with Crippen LogP contribution in [0.1, 0.15) is 31.9 Å². The van der Waals surface area contributed by atoms with E-state index in [0.717, 1.165) is 22.2 Å². The number of thioether (sulfide) groups is 1. The fourth-order valence-electron chi connectivity index (χ4n) is 2.00. The Kier molecular flexibility index (Phi) is 4.42. The number of amides is 2. The highest BCUT2D eigenvalue weighted by molar-refractivity contribution is 8.18. The first-order chi connectivity index (χ1) is 10.2. The molecule has 6 heteroatoms. The van der Waals surface area contributed by atoms with Gasteiger partial charge in [-0.3, -0.25) is 19.3 Å². The molecule has 0 saturated carbocycles. The third kappa shape index (κ3) is 3.57. The van der Waals surface area contributed by atoms with Gasteiger partial charge in [-0.05, 0) is 34.4 Å². The molecule has 1 aliphatic rings. The van der Waals surface area contributed by atoms with Gasteiger partial charge in [0.2, 0.25) is 0 Å². The van der Waals surface area contributed by atoms with E-state index in [0.29, 0.717) is 0 Å². The maximum absolute atomic E-state index is 12.0. The van der Waals surface area contributed by atoms with E-state index >= 15 is 0 Å². The summed E-state index contributed by atoms with van der Waals surface area (Å²) in [6.07, 6.45) is 1.61. The van der Waals surface area contributed by atoms with Gasteiger partial charge in [0.1, 0.15) is 6.54 Å². The van der Waals surface area contributed by atoms with E-state index < -0.39 is 23.7 Å². The Balaban J connectivity index is 2.22. The summed E-state index contributed by atoms with van der Waals surface area (Å²) < 4.78 is 0. The van der Waals surface area contributed by atoms with Gasteiger partial charge in [0, 0.05) is 0 Å². The van der Waals surface area contributed by atoms with E-state index in [-0.39, 0.29) is 10.3 Å². The molecule has 5 nitrogen and oxygen atoms in total. The number of aliphatic carboxylic acids is 1. The normalized spacial score (nSPS) is 17.4. The molecule has 2 rings (SSSR count). The molecule has 1 aromatic carbocycles. The fourth-order valence-corrected chi connectivity index (χ4v) is 2.84. The van der Waals surface area contributed by atoms with Gasteiger partial charge < -0.3 is 5.11 Å². The fraction of sp³-hybridized carbons (Fsp3) is 0.312. The molecule has 0 aromatic heterocycles. The average molecular weight is 319 g/mol. The van der Waals surface area contributed by atoms with Crippen molar-refractivity contribution >= 4 is 35.0 Å². The molecule has 1 N–H and O–H groups in total. The summed E-state index contributed by atoms with van der Waals surface area (Å²) in [6, 6.07) is 7.72. The minimum Gasteiger partial charge on any atom is -0.480 e. The Morgan fingerprint density at radius 3 is 2.32 bits per heavy atom. The van der Waals surface area contributed by atoms with E-state index in [9.17, 15) is 14.4 Å². The summed E-state index contributed by atoms with van der Waals surface area (Å²) >= 11 is 0.764. The first-order valence-corrected chi connectivity index (χ1v) is 7.58. The number of hydrogen-bond donors (Lipinski definition) is 1. The summed E-state index contributed by atoms with van der Waals surface area (Å²) in [5.74, 6) is -1.77. The van der Waals surface area contributed by atoms with Crippen molar-refractivity contribution in [1.82, 2.24) is 4.90 Å². The molecule has 1 heterocycles. The zero-order valence-corrected chi connectivity index (χ0v) is 13.4. The first kappa shape index (κ1) is 16.3. The number of nitrogens with zero attached hydrogens (tertiary/aromatic N) is 1. The molecule has 22 heavy (non-hydrogen) atoms. The van der Waals surface area contributed by atoms with E-state index in [1.165, 1.54) is 5.56 Å². The van der Waals surface area contributed by atoms with Crippen LogP contribution in [-0.2, 0) is 15.0 Å². The molecule has 1 fully saturated rings. The average Bonchev–Trinajstić information content (AvgIpc) is 2.66. The van der Waals surface area contributed by atoms with Crippen LogP contribution >= 0.6 is 11.8 Å². The van der Waals surface area contributed by atoms with E-state index in [2.05, 4.69) is 20.8 Å². The van der Waals surface area contributed by atoms with Crippen LogP contribution in [0.25, 0.3) is 6.08 Å². The number of carboxylic acids is 1. The maximum atomic E-state index is 12.0. The summed E-state index contributed by atoms with van der Waals surface area (Å²) in [6.45, 7) is 5.72. The van der Waals surface area contributed by atoms with Gasteiger partial charge in [-0.25, -0.2) is 0 Å². The molecule has 0 atom stereocenters. The van der Waals surface area contributed by atoms with Gasteiger partial charge in [-0.15, -0.1) is 0 Å². The minimum absolute atomic E-state index is 0.0395. The summed E-state index contributed by atoms with van der Waals surface area (Å²) in [7, 11) is 0. The Hall–Kier alpha value is -2.08. The molecule has 1 aromatic rings. The van der Waals surface area contributed by atoms with Crippen LogP contribution in [0.4, 0.5) is 4.79 Å². The summed E-state index contributed by atoms with van der Waals surface area (Å²) in [5.41, 5.74) is 2.01. The standard InChI is InChI=1S/C16H17NO4S/c1-16(2,3)11-6-4-10(5-7-11)8-12-14(20)17(9-13(18)19)15(21)22-12/h4-8H,9H2,1-3H3,(H,18,19)/b12-8-. The predicted octanol–water partition coefficient (Wildman–Crippen LogP) is 3.11. The van der Waals surface area contributed by atoms with Crippen molar-refractivity contribution in [1.29, 1.82) is 0 Å². The number of hydrogen-bond acceptors (Lipinski definition) is 4. The van der Waals surface area contributed by atoms with Crippen LogP contribution in [-0.4, -0.2) is 33.7 Å². The van der Waals surface area contributed by atoms with Crippen LogP contribution < -0.4 is 0 Å². The van der Waals surface area contributed by atoms with Gasteiger partial charge >= 0.3 is 5.97 Å². The molecule has 116 valence electrons. The lowest BCUT2D eigenvalue weighted by atomic mass is 9.87. The largest absolute Gasteiger partial charge is 0.480 e. The van der Waals surface area contributed by atoms with Gasteiger partial charge in [0.25, 0.3) is 11.1 Å². The summed E-state index contributed by atoms with van der Waals surface area (Å²) in [5, 5.41) is 8.17. The maximum Gasteiger partial charge on any atom is 0.323 e. The van der Waals surface area contributed by atoms with E-state index in [1.807, 2.05) is 24.3 Å². The van der Waals surface area contributed by atoms with Crippen LogP contribution in [0.2, 0.25) is 0 Å². The van der Waals surface area contributed by atoms with Crippen LogP contribution in [0.5, 0.6) is 0 Å². The van der Waals surface area contributed by atoms with Crippen LogP contribution in [0.15, 0.2) is 29.2 Å². The lowest BCUT2D eigenvalue weighted by molar-refractivity contribution is -0.140. The van der Waals surface area contributed by atoms with Crippen molar-refractivity contribution in [3.63, 3.8) is 0 Å². The van der Waals surface area contributed by atoms with E-state index in [4.69, 9.17) is 5.11 Å². The first-order valence-electron chi connectivity index (χ1n) is 6.76. The van der Waals surface area contributed by atoms with Crippen molar-refractivity contribution in [3.05, 3.63) is 40.3 Å². The van der Waals surface area contributed by atoms with E-state index in [1.54, 1.807) is 6.08 Å². The third-order valence-corrected chi connectivity index (χ3v) is 4.15. The molecular weight excluding hydrogens is 302 g/mol. The van der Waals surface area contributed by atoms with Crippen molar-refractivity contribution < 1.29 is 19.5 Å². The number of benzene rings is 1. The monoisotopic (exact) mass is 319 g/mol. The molecule has 1 saturated heterocycles. The predicted molar refractivity (Wildman–Crippen MR) is 85.5 cm³/mol. The zero-order chi connectivity index (χ0) is 16.5. The number of rotatable bonds is 3. The molecule has 0 radical (unpaired) electrons. The van der Waals surface area contributed by atoms with Gasteiger partial charge in [-0.2, -0.15) is 0 Å². The quantitative estimate of drug-likeness (QED) is 0.867. The Labute approximate surface area is 133 Å². The Bertz CT molecular complexity index is 656. The molecule has 1 aliphatic heterocycles. The number of imide groups is 1. The number of carbonyl (C=O) groups excluding carboxylic acids is 2. The third-order valence-electron chi connectivity index (χ3n) is 3.24. The van der Waals surface area contributed by atoms with Gasteiger partial charge in [0.15, 0.2) is 0 Å². The van der Waals surface area contributed by atoms with Gasteiger partial charge in [-0.1, -0.05) is 45.0 Å². The molecule has 2 amide bonds. The second-order valence-electron chi connectivity index (χ2n) is 6.03. The minimum atomic E-state index is -1.21. The highest BCUT2D eigenvalue weighted by Crippen LogP contribution is 2.32. The lowest BCUT2D eigenvalue weighted by Crippen LogP contribution is -2.33. The number of carboxylic acid groups (broad SMARTS) is 1.